The van der Waals surface area contributed by atoms with Crippen LogP contribution in [0, 0.1) is 11.7 Å². The third-order valence-corrected chi connectivity index (χ3v) is 8.12. The fraction of sp³-hybridized carbons (Fsp3) is 0.400. The average molecular weight is 619 g/mol. The van der Waals surface area contributed by atoms with Gasteiger partial charge in [-0.3, -0.25) is 14.4 Å². The molecule has 1 saturated heterocycles. The van der Waals surface area contributed by atoms with Gasteiger partial charge < -0.3 is 30.7 Å². The summed E-state index contributed by atoms with van der Waals surface area (Å²) in [5.41, 5.74) is 8.76. The Morgan fingerprint density at radius 1 is 1.04 bits per heavy atom. The molecule has 240 valence electrons. The Hall–Kier alpha value is -4.28. The van der Waals surface area contributed by atoms with E-state index in [4.69, 9.17) is 15.2 Å². The second-order valence-corrected chi connectivity index (χ2v) is 11.5. The molecule has 0 aromatic heterocycles. The Bertz CT molecular complexity index is 1440. The Morgan fingerprint density at radius 3 is 2.44 bits per heavy atom. The number of methoxy groups -OCH3 is 1. The van der Waals surface area contributed by atoms with E-state index in [-0.39, 0.29) is 29.8 Å². The summed E-state index contributed by atoms with van der Waals surface area (Å²) < 4.78 is 24.4. The van der Waals surface area contributed by atoms with E-state index >= 15 is 0 Å². The minimum absolute atomic E-state index is 0.0172. The molecule has 0 spiro atoms. The fourth-order valence-electron chi connectivity index (χ4n) is 5.57. The van der Waals surface area contributed by atoms with Gasteiger partial charge in [0.05, 0.1) is 19.8 Å². The quantitative estimate of drug-likeness (QED) is 0.238. The number of nitrogens with two attached hydrogens (primary N) is 1. The summed E-state index contributed by atoms with van der Waals surface area (Å²) in [7, 11) is 1.49. The van der Waals surface area contributed by atoms with Crippen molar-refractivity contribution in [2.24, 2.45) is 11.7 Å². The molecule has 0 unspecified atom stereocenters. The lowest BCUT2D eigenvalue weighted by Crippen LogP contribution is -2.50. The second-order valence-electron chi connectivity index (χ2n) is 11.5. The maximum atomic E-state index is 13.7. The normalized spacial score (nSPS) is 16.5. The number of hydrogen-bond donors (Lipinski definition) is 3. The lowest BCUT2D eigenvalue weighted by molar-refractivity contribution is -0.119. The van der Waals surface area contributed by atoms with Crippen molar-refractivity contribution >= 4 is 23.4 Å². The van der Waals surface area contributed by atoms with Crippen LogP contribution in [-0.2, 0) is 16.0 Å². The van der Waals surface area contributed by atoms with Crippen LogP contribution < -0.4 is 21.1 Å². The smallest absolute Gasteiger partial charge is 0.254 e. The minimum Gasteiger partial charge on any atom is -0.497 e. The van der Waals surface area contributed by atoms with Crippen LogP contribution >= 0.6 is 0 Å². The number of hydrogen-bond acceptors (Lipinski definition) is 6. The third kappa shape index (κ3) is 9.36. The van der Waals surface area contributed by atoms with E-state index in [1.165, 1.54) is 31.4 Å². The van der Waals surface area contributed by atoms with Crippen molar-refractivity contribution in [3.8, 4) is 5.75 Å². The molecule has 0 saturated carbocycles. The molecule has 1 heterocycles. The van der Waals surface area contributed by atoms with Gasteiger partial charge in [-0.15, -0.1) is 0 Å². The first-order valence-electron chi connectivity index (χ1n) is 15.4. The van der Waals surface area contributed by atoms with E-state index in [0.717, 1.165) is 18.4 Å². The van der Waals surface area contributed by atoms with Gasteiger partial charge >= 0.3 is 0 Å². The Morgan fingerprint density at radius 2 is 1.76 bits per heavy atom. The van der Waals surface area contributed by atoms with Crippen LogP contribution in [0.25, 0.3) is 0 Å². The molecule has 9 nitrogen and oxygen atoms in total. The third-order valence-electron chi connectivity index (χ3n) is 8.12. The van der Waals surface area contributed by atoms with E-state index in [1.54, 1.807) is 30.0 Å². The molecule has 4 atom stereocenters. The lowest BCUT2D eigenvalue weighted by atomic mass is 9.91. The number of amides is 3. The van der Waals surface area contributed by atoms with Crippen LogP contribution in [-0.4, -0.2) is 67.6 Å². The van der Waals surface area contributed by atoms with E-state index < -0.39 is 29.7 Å². The number of nitrogens with one attached hydrogen (secondary N) is 2. The number of ether oxygens (including phenoxy) is 2. The van der Waals surface area contributed by atoms with E-state index in [2.05, 4.69) is 10.6 Å². The topological polar surface area (TPSA) is 123 Å². The van der Waals surface area contributed by atoms with Crippen LogP contribution in [0.5, 0.6) is 5.75 Å². The van der Waals surface area contributed by atoms with Gasteiger partial charge in [-0.1, -0.05) is 37.3 Å². The molecule has 0 aliphatic carbocycles. The number of carbonyl (C=O) groups is 3. The predicted molar refractivity (Wildman–Crippen MR) is 172 cm³/mol. The first-order valence-corrected chi connectivity index (χ1v) is 15.4. The summed E-state index contributed by atoms with van der Waals surface area (Å²) in [4.78, 5) is 42.0. The molecule has 0 bridgehead atoms. The zero-order chi connectivity index (χ0) is 32.3. The highest BCUT2D eigenvalue weighted by atomic mass is 19.1. The number of nitrogens with zero attached hydrogens (tertiary/aromatic N) is 1. The van der Waals surface area contributed by atoms with Gasteiger partial charge in [0.15, 0.2) is 0 Å². The first-order chi connectivity index (χ1) is 21.7. The number of benzene rings is 3. The van der Waals surface area contributed by atoms with Crippen LogP contribution in [0.4, 0.5) is 10.1 Å². The second kappa shape index (κ2) is 16.2. The number of carbonyl (C=O) groups excluding carboxylic acids is 3. The molecule has 4 N–H and O–H groups in total. The molecule has 1 aliphatic rings. The average Bonchev–Trinajstić information content (AvgIpc) is 3.52. The van der Waals surface area contributed by atoms with Gasteiger partial charge in [0.1, 0.15) is 11.6 Å². The molecule has 45 heavy (non-hydrogen) atoms. The van der Waals surface area contributed by atoms with E-state index in [1.807, 2.05) is 37.3 Å². The van der Waals surface area contributed by atoms with Gasteiger partial charge in [-0.2, -0.15) is 0 Å². The summed E-state index contributed by atoms with van der Waals surface area (Å²) in [5, 5.41) is 5.86. The molecule has 3 amide bonds. The number of likely N-dealkylation sites (tertiary alicyclic amines) is 1. The number of rotatable bonds is 14. The van der Waals surface area contributed by atoms with Gasteiger partial charge in [0.25, 0.3) is 11.8 Å². The standard InChI is InChI=1S/C35H43FN4O5/c1-4-45-22-29-11-8-16-40(29)35(43)26-19-25(20-30(21-26)44-3)34(42)39-32(18-24-9-6-5-7-10-24)31(37)17-23(2)33(41)38-28-14-12-27(36)13-15-28/h5-7,9-10,12-15,19-21,23,29,31-32H,4,8,11,16-18,22,37H2,1-3H3,(H,38,41)(H,39,42)/t23-,29-,31+,32+/m1/s1. The van der Waals surface area contributed by atoms with Gasteiger partial charge in [-0.05, 0) is 80.6 Å². The van der Waals surface area contributed by atoms with Gasteiger partial charge in [0.2, 0.25) is 5.91 Å². The van der Waals surface area contributed by atoms with Crippen molar-refractivity contribution in [2.75, 3.05) is 32.2 Å². The van der Waals surface area contributed by atoms with Crippen molar-refractivity contribution in [1.82, 2.24) is 10.2 Å². The summed E-state index contributed by atoms with van der Waals surface area (Å²) in [5.74, 6) is -1.34. The van der Waals surface area contributed by atoms with Crippen LogP contribution in [0.2, 0.25) is 0 Å². The van der Waals surface area contributed by atoms with Crippen molar-refractivity contribution in [1.29, 1.82) is 0 Å². The highest BCUT2D eigenvalue weighted by Gasteiger charge is 2.31. The monoisotopic (exact) mass is 618 g/mol. The van der Waals surface area contributed by atoms with E-state index in [0.29, 0.717) is 43.2 Å². The predicted octanol–water partition coefficient (Wildman–Crippen LogP) is 4.81. The van der Waals surface area contributed by atoms with Crippen molar-refractivity contribution < 1.29 is 28.2 Å². The molecule has 0 radical (unpaired) electrons. The number of anilines is 1. The summed E-state index contributed by atoms with van der Waals surface area (Å²) in [6.07, 6.45) is 2.47. The van der Waals surface area contributed by atoms with Gasteiger partial charge in [0, 0.05) is 48.0 Å². The summed E-state index contributed by atoms with van der Waals surface area (Å²) in [6, 6.07) is 18.9. The van der Waals surface area contributed by atoms with Crippen LogP contribution in [0.1, 0.15) is 59.4 Å². The van der Waals surface area contributed by atoms with Gasteiger partial charge in [-0.25, -0.2) is 4.39 Å². The highest BCUT2D eigenvalue weighted by molar-refractivity contribution is 6.00. The molecule has 10 heteroatoms. The first kappa shape index (κ1) is 33.6. The molecule has 3 aromatic carbocycles. The summed E-state index contributed by atoms with van der Waals surface area (Å²) >= 11 is 0. The largest absolute Gasteiger partial charge is 0.497 e. The van der Waals surface area contributed by atoms with E-state index in [9.17, 15) is 18.8 Å². The maximum absolute atomic E-state index is 13.7. The lowest BCUT2D eigenvalue weighted by Gasteiger charge is -2.28. The molecular formula is C35H43FN4O5. The Balaban J connectivity index is 1.51. The van der Waals surface area contributed by atoms with Crippen molar-refractivity contribution in [3.05, 3.63) is 95.3 Å². The summed E-state index contributed by atoms with van der Waals surface area (Å²) in [6.45, 7) is 5.35. The fourth-order valence-corrected chi connectivity index (χ4v) is 5.57. The van der Waals surface area contributed by atoms with Crippen molar-refractivity contribution in [3.63, 3.8) is 0 Å². The minimum atomic E-state index is -0.584. The number of halogens is 1. The van der Waals surface area contributed by atoms with Crippen LogP contribution in [0.3, 0.4) is 0 Å². The van der Waals surface area contributed by atoms with Crippen molar-refractivity contribution in [2.45, 2.75) is 57.7 Å². The maximum Gasteiger partial charge on any atom is 0.254 e. The SMILES string of the molecule is CCOC[C@H]1CCCN1C(=O)c1cc(OC)cc(C(=O)N[C@@H](Cc2ccccc2)[C@@H](N)C[C@@H](C)C(=O)Nc2ccc(F)cc2)c1. The van der Waals surface area contributed by atoms with Crippen LogP contribution in [0.15, 0.2) is 72.8 Å². The zero-order valence-electron chi connectivity index (χ0n) is 26.1. The molecule has 1 fully saturated rings. The highest BCUT2D eigenvalue weighted by Crippen LogP contribution is 2.24. The Labute approximate surface area is 264 Å². The Kier molecular flexibility index (Phi) is 12.1. The molecular weight excluding hydrogens is 575 g/mol. The zero-order valence-corrected chi connectivity index (χ0v) is 26.1. The molecule has 3 aromatic rings. The molecule has 4 rings (SSSR count). The molecule has 1 aliphatic heterocycles.